The Balaban J connectivity index is 1.22. The van der Waals surface area contributed by atoms with E-state index < -0.39 is 6.10 Å². The van der Waals surface area contributed by atoms with E-state index in [0.29, 0.717) is 25.8 Å². The van der Waals surface area contributed by atoms with Gasteiger partial charge in [-0.25, -0.2) is 0 Å². The van der Waals surface area contributed by atoms with Crippen molar-refractivity contribution in [1.82, 2.24) is 4.90 Å². The Bertz CT molecular complexity index is 736. The average Bonchev–Trinajstić information content (AvgIpc) is 3.32. The Morgan fingerprint density at radius 3 is 2.81 bits per heavy atom. The Kier molecular flexibility index (Phi) is 5.92. The lowest BCUT2D eigenvalue weighted by atomic mass is 10.0. The molecule has 27 heavy (non-hydrogen) atoms. The van der Waals surface area contributed by atoms with Crippen molar-refractivity contribution in [2.75, 3.05) is 26.5 Å². The van der Waals surface area contributed by atoms with Gasteiger partial charge in [0, 0.05) is 12.6 Å². The first-order valence-electron chi connectivity index (χ1n) is 9.70. The second-order valence-corrected chi connectivity index (χ2v) is 7.34. The first-order chi connectivity index (χ1) is 13.3. The lowest BCUT2D eigenvalue weighted by Gasteiger charge is -2.27. The third-order valence-corrected chi connectivity index (χ3v) is 5.27. The lowest BCUT2D eigenvalue weighted by molar-refractivity contribution is 0.00786. The minimum Gasteiger partial charge on any atom is -0.454 e. The van der Waals surface area contributed by atoms with Crippen molar-refractivity contribution >= 4 is 0 Å². The van der Waals surface area contributed by atoms with Crippen LogP contribution in [0, 0.1) is 0 Å². The van der Waals surface area contributed by atoms with Gasteiger partial charge in [0.25, 0.3) is 0 Å². The number of hydrogen-bond acceptors (Lipinski definition) is 5. The van der Waals surface area contributed by atoms with Crippen LogP contribution in [0.3, 0.4) is 0 Å². The minimum atomic E-state index is -0.476. The van der Waals surface area contributed by atoms with Crippen molar-refractivity contribution in [3.63, 3.8) is 0 Å². The van der Waals surface area contributed by atoms with Crippen molar-refractivity contribution in [2.24, 2.45) is 0 Å². The van der Waals surface area contributed by atoms with E-state index in [0.717, 1.165) is 30.0 Å². The Morgan fingerprint density at radius 1 is 1.07 bits per heavy atom. The van der Waals surface area contributed by atoms with Crippen molar-refractivity contribution < 1.29 is 19.3 Å². The van der Waals surface area contributed by atoms with Crippen LogP contribution in [0.2, 0.25) is 0 Å². The smallest absolute Gasteiger partial charge is 0.231 e. The molecule has 0 aliphatic carbocycles. The molecule has 0 saturated carbocycles. The molecule has 5 nitrogen and oxygen atoms in total. The maximum absolute atomic E-state index is 10.4. The first kappa shape index (κ1) is 18.3. The number of aliphatic hydroxyl groups excluding tert-OH is 1. The summed E-state index contributed by atoms with van der Waals surface area (Å²) >= 11 is 0. The number of β-amino-alcohol motifs (C(OH)–C–C–N with tert-alkyl or cyclic N) is 1. The summed E-state index contributed by atoms with van der Waals surface area (Å²) in [5, 5.41) is 10.4. The highest BCUT2D eigenvalue weighted by molar-refractivity contribution is 5.44. The predicted octanol–water partition coefficient (Wildman–Crippen LogP) is 3.00. The van der Waals surface area contributed by atoms with Crippen LogP contribution >= 0.6 is 0 Å². The Labute approximate surface area is 160 Å². The zero-order valence-corrected chi connectivity index (χ0v) is 15.5. The maximum atomic E-state index is 10.4. The standard InChI is InChI=1S/C22H27NO4/c24-20(15-25-14-18-8-9-21-22(12-18)27-16-26-21)13-23-10-4-7-19(23)11-17-5-2-1-3-6-17/h1-3,5-6,8-9,12,19-20,24H,4,7,10-11,13-16H2. The third kappa shape index (κ3) is 4.80. The van der Waals surface area contributed by atoms with Crippen LogP contribution in [-0.4, -0.2) is 48.6 Å². The molecule has 0 bridgehead atoms. The van der Waals surface area contributed by atoms with Gasteiger partial charge in [-0.15, -0.1) is 0 Å². The number of fused-ring (bicyclic) bond motifs is 1. The first-order valence-corrected chi connectivity index (χ1v) is 9.70. The van der Waals surface area contributed by atoms with Gasteiger partial charge in [-0.1, -0.05) is 36.4 Å². The SMILES string of the molecule is OC(COCc1ccc2c(c1)OCO2)CN1CCCC1Cc1ccccc1. The molecule has 2 aromatic carbocycles. The topological polar surface area (TPSA) is 51.2 Å². The molecule has 5 heteroatoms. The van der Waals surface area contributed by atoms with Gasteiger partial charge in [0.15, 0.2) is 11.5 Å². The maximum Gasteiger partial charge on any atom is 0.231 e. The third-order valence-electron chi connectivity index (χ3n) is 5.27. The molecule has 0 aromatic heterocycles. The van der Waals surface area contributed by atoms with Gasteiger partial charge in [-0.05, 0) is 49.1 Å². The largest absolute Gasteiger partial charge is 0.454 e. The molecule has 0 spiro atoms. The molecule has 2 aliphatic heterocycles. The molecule has 1 fully saturated rings. The van der Waals surface area contributed by atoms with Crippen LogP contribution in [-0.2, 0) is 17.8 Å². The van der Waals surface area contributed by atoms with Gasteiger partial charge < -0.3 is 19.3 Å². The molecule has 0 radical (unpaired) electrons. The fourth-order valence-electron chi connectivity index (χ4n) is 3.92. The summed E-state index contributed by atoms with van der Waals surface area (Å²) in [6.07, 6.45) is 2.96. The van der Waals surface area contributed by atoms with Gasteiger partial charge in [0.05, 0.1) is 19.3 Å². The molecule has 4 rings (SSSR count). The van der Waals surface area contributed by atoms with Gasteiger partial charge in [-0.2, -0.15) is 0 Å². The summed E-state index contributed by atoms with van der Waals surface area (Å²) in [5.74, 6) is 1.54. The van der Waals surface area contributed by atoms with Crippen LogP contribution in [0.25, 0.3) is 0 Å². The molecule has 2 unspecified atom stereocenters. The van der Waals surface area contributed by atoms with E-state index in [1.807, 2.05) is 18.2 Å². The average molecular weight is 369 g/mol. The number of benzene rings is 2. The summed E-state index contributed by atoms with van der Waals surface area (Å²) in [6.45, 7) is 2.79. The Morgan fingerprint density at radius 2 is 1.93 bits per heavy atom. The molecule has 144 valence electrons. The van der Waals surface area contributed by atoms with Gasteiger partial charge in [0.2, 0.25) is 6.79 Å². The van der Waals surface area contributed by atoms with Crippen molar-refractivity contribution in [3.05, 3.63) is 59.7 Å². The van der Waals surface area contributed by atoms with Gasteiger partial charge >= 0.3 is 0 Å². The zero-order valence-electron chi connectivity index (χ0n) is 15.5. The molecule has 2 heterocycles. The highest BCUT2D eigenvalue weighted by atomic mass is 16.7. The summed E-state index contributed by atoms with van der Waals surface area (Å²) < 4.78 is 16.4. The van der Waals surface area contributed by atoms with Crippen molar-refractivity contribution in [2.45, 2.75) is 38.0 Å². The predicted molar refractivity (Wildman–Crippen MR) is 103 cm³/mol. The van der Waals surface area contributed by atoms with E-state index in [-0.39, 0.29) is 6.79 Å². The molecule has 1 saturated heterocycles. The number of ether oxygens (including phenoxy) is 3. The molecular weight excluding hydrogens is 342 g/mol. The van der Waals surface area contributed by atoms with Gasteiger partial charge in [0.1, 0.15) is 0 Å². The number of nitrogens with zero attached hydrogens (tertiary/aromatic N) is 1. The van der Waals surface area contributed by atoms with Crippen LogP contribution in [0.4, 0.5) is 0 Å². The van der Waals surface area contributed by atoms with E-state index >= 15 is 0 Å². The van der Waals surface area contributed by atoms with E-state index in [1.165, 1.54) is 18.4 Å². The fourth-order valence-corrected chi connectivity index (χ4v) is 3.92. The molecule has 1 N–H and O–H groups in total. The van der Waals surface area contributed by atoms with Crippen LogP contribution in [0.1, 0.15) is 24.0 Å². The Hall–Kier alpha value is -2.08. The molecule has 2 atom stereocenters. The summed E-state index contributed by atoms with van der Waals surface area (Å²) in [4.78, 5) is 2.40. The number of rotatable bonds is 8. The van der Waals surface area contributed by atoms with Crippen LogP contribution in [0.5, 0.6) is 11.5 Å². The molecular formula is C22H27NO4. The molecule has 0 amide bonds. The second kappa shape index (κ2) is 8.74. The quantitative estimate of drug-likeness (QED) is 0.775. The zero-order chi connectivity index (χ0) is 18.5. The van der Waals surface area contributed by atoms with E-state index in [4.69, 9.17) is 14.2 Å². The van der Waals surface area contributed by atoms with E-state index in [2.05, 4.69) is 35.2 Å². The van der Waals surface area contributed by atoms with Crippen LogP contribution in [0.15, 0.2) is 48.5 Å². The summed E-state index contributed by atoms with van der Waals surface area (Å²) in [6, 6.07) is 16.9. The second-order valence-electron chi connectivity index (χ2n) is 7.34. The normalized spacial score (nSPS) is 20.1. The van der Waals surface area contributed by atoms with E-state index in [1.54, 1.807) is 0 Å². The highest BCUT2D eigenvalue weighted by Gasteiger charge is 2.26. The fraction of sp³-hybridized carbons (Fsp3) is 0.455. The number of aliphatic hydroxyl groups is 1. The lowest BCUT2D eigenvalue weighted by Crippen LogP contribution is -2.39. The minimum absolute atomic E-state index is 0.276. The summed E-state index contributed by atoms with van der Waals surface area (Å²) in [7, 11) is 0. The van der Waals surface area contributed by atoms with Crippen LogP contribution < -0.4 is 9.47 Å². The van der Waals surface area contributed by atoms with Crippen molar-refractivity contribution in [3.8, 4) is 11.5 Å². The molecule has 2 aromatic rings. The highest BCUT2D eigenvalue weighted by Crippen LogP contribution is 2.32. The summed E-state index contributed by atoms with van der Waals surface area (Å²) in [5.41, 5.74) is 2.39. The van der Waals surface area contributed by atoms with E-state index in [9.17, 15) is 5.11 Å². The number of hydrogen-bond donors (Lipinski definition) is 1. The van der Waals surface area contributed by atoms with Gasteiger partial charge in [-0.3, -0.25) is 4.90 Å². The molecule has 2 aliphatic rings. The monoisotopic (exact) mass is 369 g/mol. The number of likely N-dealkylation sites (tertiary alicyclic amines) is 1. The van der Waals surface area contributed by atoms with Crippen molar-refractivity contribution in [1.29, 1.82) is 0 Å².